The molecule has 9 nitrogen and oxygen atoms in total. The molecule has 0 spiro atoms. The van der Waals surface area contributed by atoms with E-state index in [9.17, 15) is 22.4 Å². The molecule has 2 amide bonds. The molecule has 0 bridgehead atoms. The number of amides is 2. The van der Waals surface area contributed by atoms with Crippen molar-refractivity contribution in [3.63, 3.8) is 0 Å². The summed E-state index contributed by atoms with van der Waals surface area (Å²) < 4.78 is 40.0. The Balaban J connectivity index is 1.70. The third kappa shape index (κ3) is 4.76. The van der Waals surface area contributed by atoms with Crippen LogP contribution in [0.5, 0.6) is 0 Å². The number of primary amides is 1. The van der Waals surface area contributed by atoms with Crippen molar-refractivity contribution >= 4 is 38.2 Å². The van der Waals surface area contributed by atoms with Crippen LogP contribution in [0.4, 0.5) is 10.1 Å². The number of nitrogens with zero attached hydrogens (tertiary/aromatic N) is 3. The number of aromatic nitrogens is 3. The number of fused-ring (bicyclic) bond motifs is 1. The molecule has 35 heavy (non-hydrogen) atoms. The van der Waals surface area contributed by atoms with E-state index >= 15 is 0 Å². The maximum absolute atomic E-state index is 14.6. The Kier molecular flexibility index (Phi) is 6.12. The minimum Gasteiger partial charge on any atom is -0.364 e. The molecule has 0 radical (unpaired) electrons. The van der Waals surface area contributed by atoms with Gasteiger partial charge in [0, 0.05) is 11.6 Å². The Labute approximate surface area is 200 Å². The summed E-state index contributed by atoms with van der Waals surface area (Å²) in [6.45, 7) is 3.72. The number of halogens is 1. The van der Waals surface area contributed by atoms with Gasteiger partial charge in [-0.05, 0) is 49.7 Å². The smallest absolute Gasteiger partial charge is 0.267 e. The van der Waals surface area contributed by atoms with Gasteiger partial charge >= 0.3 is 0 Å². The summed E-state index contributed by atoms with van der Waals surface area (Å²) in [7, 11) is -3.36. The first-order valence-electron chi connectivity index (χ1n) is 10.5. The summed E-state index contributed by atoms with van der Waals surface area (Å²) in [5.74, 6) is -2.16. The molecule has 180 valence electrons. The Morgan fingerprint density at radius 2 is 1.83 bits per heavy atom. The van der Waals surface area contributed by atoms with E-state index in [1.807, 2.05) is 0 Å². The molecule has 2 aromatic carbocycles. The molecule has 0 saturated heterocycles. The third-order valence-electron chi connectivity index (χ3n) is 5.56. The van der Waals surface area contributed by atoms with Gasteiger partial charge < -0.3 is 11.1 Å². The van der Waals surface area contributed by atoms with Crippen LogP contribution in [-0.2, 0) is 16.4 Å². The highest BCUT2D eigenvalue weighted by Gasteiger charge is 2.21. The average molecular weight is 496 g/mol. The summed E-state index contributed by atoms with van der Waals surface area (Å²) in [6.07, 6.45) is 1.14. The second-order valence-electron chi connectivity index (χ2n) is 8.13. The van der Waals surface area contributed by atoms with Gasteiger partial charge in [-0.2, -0.15) is 5.10 Å². The minimum atomic E-state index is -3.36. The molecule has 0 fully saturated rings. The van der Waals surface area contributed by atoms with E-state index in [-0.39, 0.29) is 33.6 Å². The van der Waals surface area contributed by atoms with Gasteiger partial charge in [-0.15, -0.1) is 0 Å². The van der Waals surface area contributed by atoms with Gasteiger partial charge in [-0.25, -0.2) is 17.8 Å². The number of rotatable bonds is 6. The Morgan fingerprint density at radius 3 is 2.51 bits per heavy atom. The normalized spacial score (nSPS) is 11.5. The number of hydrogen-bond donors (Lipinski definition) is 2. The lowest BCUT2D eigenvalue weighted by Crippen LogP contribution is -2.18. The predicted molar refractivity (Wildman–Crippen MR) is 129 cm³/mol. The molecular formula is C24H22FN5O4S. The number of sulfone groups is 1. The molecule has 4 rings (SSSR count). The lowest BCUT2D eigenvalue weighted by Gasteiger charge is -2.11. The van der Waals surface area contributed by atoms with Crippen LogP contribution in [0, 0.1) is 19.7 Å². The molecule has 2 heterocycles. The zero-order chi connectivity index (χ0) is 25.5. The van der Waals surface area contributed by atoms with E-state index in [0.717, 1.165) is 12.3 Å². The largest absolute Gasteiger partial charge is 0.364 e. The molecule has 0 atom stereocenters. The zero-order valence-electron chi connectivity index (χ0n) is 19.2. The van der Waals surface area contributed by atoms with Crippen LogP contribution in [0.3, 0.4) is 0 Å². The summed E-state index contributed by atoms with van der Waals surface area (Å²) in [5, 5.41) is 7.19. The maximum Gasteiger partial charge on any atom is 0.267 e. The second kappa shape index (κ2) is 8.91. The topological polar surface area (TPSA) is 137 Å². The van der Waals surface area contributed by atoms with E-state index in [2.05, 4.69) is 15.4 Å². The van der Waals surface area contributed by atoms with Gasteiger partial charge in [-0.1, -0.05) is 18.2 Å². The van der Waals surface area contributed by atoms with Crippen molar-refractivity contribution in [2.75, 3.05) is 11.6 Å². The standard InChI is InChI=1S/C24H22FN5O4S/c1-13-22(14(2)30(29-13)12-15-6-4-7-16(10-15)35(3,33)34)28-24(32)17-11-20(23(26)31)27-19-9-5-8-18(25)21(17)19/h4-11H,12H2,1-3H3,(H2,26,31)(H,28,32). The van der Waals surface area contributed by atoms with E-state index in [0.29, 0.717) is 22.6 Å². The number of nitrogens with two attached hydrogens (primary N) is 1. The van der Waals surface area contributed by atoms with Crippen molar-refractivity contribution in [1.29, 1.82) is 0 Å². The second-order valence-corrected chi connectivity index (χ2v) is 10.1. The van der Waals surface area contributed by atoms with Crippen LogP contribution < -0.4 is 11.1 Å². The molecule has 0 aliphatic carbocycles. The lowest BCUT2D eigenvalue weighted by molar-refractivity contribution is 0.0996. The number of nitrogens with one attached hydrogen (secondary N) is 1. The van der Waals surface area contributed by atoms with Crippen LogP contribution in [0.25, 0.3) is 10.9 Å². The van der Waals surface area contributed by atoms with Crippen molar-refractivity contribution in [2.45, 2.75) is 25.3 Å². The molecular weight excluding hydrogens is 473 g/mol. The van der Waals surface area contributed by atoms with Gasteiger partial charge in [0.25, 0.3) is 11.8 Å². The minimum absolute atomic E-state index is 0.0321. The van der Waals surface area contributed by atoms with Gasteiger partial charge in [0.2, 0.25) is 0 Å². The highest BCUT2D eigenvalue weighted by Crippen LogP contribution is 2.26. The fourth-order valence-corrected chi connectivity index (χ4v) is 4.50. The SMILES string of the molecule is Cc1nn(Cc2cccc(S(C)(=O)=O)c2)c(C)c1NC(=O)c1cc(C(N)=O)nc2cccc(F)c12. The predicted octanol–water partition coefficient (Wildman–Crippen LogP) is 2.99. The van der Waals surface area contributed by atoms with E-state index in [4.69, 9.17) is 5.73 Å². The quantitative estimate of drug-likeness (QED) is 0.422. The van der Waals surface area contributed by atoms with E-state index in [1.165, 1.54) is 24.3 Å². The van der Waals surface area contributed by atoms with Crippen molar-refractivity contribution < 1.29 is 22.4 Å². The lowest BCUT2D eigenvalue weighted by atomic mass is 10.1. The first kappa shape index (κ1) is 24.0. The van der Waals surface area contributed by atoms with Crippen molar-refractivity contribution in [1.82, 2.24) is 14.8 Å². The monoisotopic (exact) mass is 495 g/mol. The molecule has 0 aliphatic rings. The Bertz CT molecular complexity index is 1610. The number of benzene rings is 2. The van der Waals surface area contributed by atoms with E-state index < -0.39 is 27.5 Å². The fourth-order valence-electron chi connectivity index (χ4n) is 3.81. The molecule has 0 saturated carbocycles. The fraction of sp³-hybridized carbons (Fsp3) is 0.167. The van der Waals surface area contributed by atoms with Crippen molar-refractivity contribution in [3.8, 4) is 0 Å². The molecule has 0 unspecified atom stereocenters. The van der Waals surface area contributed by atoms with Crippen LogP contribution >= 0.6 is 0 Å². The number of carbonyl (C=O) groups is 2. The van der Waals surface area contributed by atoms with Gasteiger partial charge in [0.05, 0.1) is 39.6 Å². The number of pyridine rings is 1. The molecule has 0 aliphatic heterocycles. The Morgan fingerprint density at radius 1 is 1.11 bits per heavy atom. The third-order valence-corrected chi connectivity index (χ3v) is 6.67. The van der Waals surface area contributed by atoms with Crippen LogP contribution in [-0.4, -0.2) is 41.3 Å². The molecule has 4 aromatic rings. The van der Waals surface area contributed by atoms with Gasteiger partial charge in [0.1, 0.15) is 11.5 Å². The highest BCUT2D eigenvalue weighted by atomic mass is 32.2. The maximum atomic E-state index is 14.6. The van der Waals surface area contributed by atoms with Crippen LogP contribution in [0.1, 0.15) is 37.8 Å². The number of hydrogen-bond acceptors (Lipinski definition) is 6. The molecule has 3 N–H and O–H groups in total. The first-order chi connectivity index (χ1) is 16.5. The number of aryl methyl sites for hydroxylation is 1. The van der Waals surface area contributed by atoms with Crippen LogP contribution in [0.15, 0.2) is 53.4 Å². The van der Waals surface area contributed by atoms with E-state index in [1.54, 1.807) is 36.7 Å². The van der Waals surface area contributed by atoms with Crippen molar-refractivity contribution in [2.24, 2.45) is 5.73 Å². The summed E-state index contributed by atoms with van der Waals surface area (Å²) in [6, 6.07) is 11.8. The highest BCUT2D eigenvalue weighted by molar-refractivity contribution is 7.90. The van der Waals surface area contributed by atoms with Crippen LogP contribution in [0.2, 0.25) is 0 Å². The number of carbonyl (C=O) groups excluding carboxylic acids is 2. The number of anilines is 1. The molecule has 2 aromatic heterocycles. The van der Waals surface area contributed by atoms with Crippen molar-refractivity contribution in [3.05, 3.63) is 82.6 Å². The molecule has 11 heteroatoms. The Hall–Kier alpha value is -4.12. The average Bonchev–Trinajstić information content (AvgIpc) is 3.05. The van der Waals surface area contributed by atoms with Gasteiger partial charge in [0.15, 0.2) is 9.84 Å². The zero-order valence-corrected chi connectivity index (χ0v) is 20.0. The summed E-state index contributed by atoms with van der Waals surface area (Å²) in [5.41, 5.74) is 7.46. The van der Waals surface area contributed by atoms with Gasteiger partial charge in [-0.3, -0.25) is 14.3 Å². The first-order valence-corrected chi connectivity index (χ1v) is 12.4. The summed E-state index contributed by atoms with van der Waals surface area (Å²) >= 11 is 0. The summed E-state index contributed by atoms with van der Waals surface area (Å²) in [4.78, 5) is 29.2.